The van der Waals surface area contributed by atoms with Gasteiger partial charge in [0.05, 0.1) is 7.11 Å². The number of alkyl halides is 1. The second-order valence-corrected chi connectivity index (χ2v) is 5.63. The molecule has 0 aromatic heterocycles. The van der Waals surface area contributed by atoms with Crippen molar-refractivity contribution in [3.63, 3.8) is 0 Å². The number of methoxy groups -OCH3 is 1. The van der Waals surface area contributed by atoms with Gasteiger partial charge in [0.15, 0.2) is 0 Å². The van der Waals surface area contributed by atoms with E-state index in [2.05, 4.69) is 5.32 Å². The van der Waals surface area contributed by atoms with Gasteiger partial charge in [-0.05, 0) is 39.8 Å². The van der Waals surface area contributed by atoms with Crippen molar-refractivity contribution >= 4 is 11.8 Å². The van der Waals surface area contributed by atoms with Crippen molar-refractivity contribution in [2.24, 2.45) is 5.73 Å². The van der Waals surface area contributed by atoms with Gasteiger partial charge in [0.2, 0.25) is 0 Å². The summed E-state index contributed by atoms with van der Waals surface area (Å²) >= 11 is 0. The van der Waals surface area contributed by atoms with Gasteiger partial charge >= 0.3 is 6.09 Å². The lowest BCUT2D eigenvalue weighted by Crippen LogP contribution is -2.27. The number of nitrogens with one attached hydrogen (secondary N) is 1. The Morgan fingerprint density at radius 3 is 2.62 bits per heavy atom. The molecular formula is C15H23FN2O3. The van der Waals surface area contributed by atoms with Gasteiger partial charge < -0.3 is 15.2 Å². The van der Waals surface area contributed by atoms with E-state index in [4.69, 9.17) is 15.2 Å². The number of ether oxygens (including phenoxy) is 2. The number of carbonyl (C=O) groups excluding carboxylic acids is 1. The number of halogens is 1. The molecule has 0 aliphatic heterocycles. The molecule has 1 aromatic rings. The Hall–Kier alpha value is -1.82. The number of nitrogens with two attached hydrogens (primary N) is 1. The number of hydrogen-bond acceptors (Lipinski definition) is 4. The van der Waals surface area contributed by atoms with E-state index >= 15 is 0 Å². The quantitative estimate of drug-likeness (QED) is 0.873. The molecule has 0 spiro atoms. The summed E-state index contributed by atoms with van der Waals surface area (Å²) in [5.41, 5.74) is 5.67. The lowest BCUT2D eigenvalue weighted by Gasteiger charge is -2.20. The van der Waals surface area contributed by atoms with Crippen LogP contribution in [0.2, 0.25) is 0 Å². The molecule has 6 heteroatoms. The van der Waals surface area contributed by atoms with Crippen LogP contribution < -0.4 is 15.8 Å². The third-order valence-electron chi connectivity index (χ3n) is 2.64. The largest absolute Gasteiger partial charge is 0.496 e. The van der Waals surface area contributed by atoms with Crippen LogP contribution >= 0.6 is 0 Å². The molecule has 118 valence electrons. The van der Waals surface area contributed by atoms with Gasteiger partial charge in [-0.25, -0.2) is 9.18 Å². The summed E-state index contributed by atoms with van der Waals surface area (Å²) in [5.74, 6) is 0.365. The fraction of sp³-hybridized carbons (Fsp3) is 0.533. The van der Waals surface area contributed by atoms with Crippen LogP contribution in [0.5, 0.6) is 5.75 Å². The monoisotopic (exact) mass is 298 g/mol. The van der Waals surface area contributed by atoms with E-state index in [1.165, 1.54) is 7.11 Å². The zero-order chi connectivity index (χ0) is 16.0. The summed E-state index contributed by atoms with van der Waals surface area (Å²) in [4.78, 5) is 11.7. The molecule has 1 unspecified atom stereocenters. The molecule has 0 saturated carbocycles. The smallest absolute Gasteiger partial charge is 0.412 e. The van der Waals surface area contributed by atoms with Gasteiger partial charge in [0, 0.05) is 17.3 Å². The molecule has 0 aliphatic rings. The highest BCUT2D eigenvalue weighted by molar-refractivity contribution is 5.85. The van der Waals surface area contributed by atoms with Gasteiger partial charge in [-0.1, -0.05) is 6.07 Å². The van der Waals surface area contributed by atoms with Crippen LogP contribution in [0.1, 0.15) is 38.9 Å². The van der Waals surface area contributed by atoms with Crippen LogP contribution in [0.4, 0.5) is 14.9 Å². The Bertz CT molecular complexity index is 486. The van der Waals surface area contributed by atoms with Gasteiger partial charge in [-0.3, -0.25) is 5.32 Å². The lowest BCUT2D eigenvalue weighted by molar-refractivity contribution is 0.0636. The number of hydrogen-bond donors (Lipinski definition) is 2. The Morgan fingerprint density at radius 2 is 2.10 bits per heavy atom. The molecule has 0 radical (unpaired) electrons. The number of rotatable bonds is 5. The topological polar surface area (TPSA) is 73.6 Å². The van der Waals surface area contributed by atoms with E-state index in [1.807, 2.05) is 0 Å². The van der Waals surface area contributed by atoms with Crippen molar-refractivity contribution in [1.82, 2.24) is 0 Å². The van der Waals surface area contributed by atoms with Crippen LogP contribution in [0.3, 0.4) is 0 Å². The van der Waals surface area contributed by atoms with E-state index in [-0.39, 0.29) is 13.0 Å². The summed E-state index contributed by atoms with van der Waals surface area (Å²) in [6.45, 7) is 5.58. The molecule has 0 bridgehead atoms. The fourth-order valence-electron chi connectivity index (χ4n) is 1.77. The molecule has 21 heavy (non-hydrogen) atoms. The Morgan fingerprint density at radius 1 is 1.43 bits per heavy atom. The van der Waals surface area contributed by atoms with Crippen molar-refractivity contribution < 1.29 is 18.7 Å². The zero-order valence-electron chi connectivity index (χ0n) is 12.9. The van der Waals surface area contributed by atoms with Gasteiger partial charge in [-0.2, -0.15) is 0 Å². The van der Waals surface area contributed by atoms with Crippen LogP contribution in [-0.2, 0) is 4.74 Å². The second-order valence-electron chi connectivity index (χ2n) is 5.63. The van der Waals surface area contributed by atoms with Crippen molar-refractivity contribution in [2.75, 3.05) is 19.0 Å². The van der Waals surface area contributed by atoms with Gasteiger partial charge in [-0.15, -0.1) is 0 Å². The van der Waals surface area contributed by atoms with E-state index in [0.29, 0.717) is 17.0 Å². The molecule has 3 N–H and O–H groups in total. The minimum atomic E-state index is -1.19. The van der Waals surface area contributed by atoms with Crippen LogP contribution in [0, 0.1) is 0 Å². The SMILES string of the molecule is COc1cc(NC(=O)OC(C)(C)C)ccc1C(F)CCN. The highest BCUT2D eigenvalue weighted by Crippen LogP contribution is 2.32. The predicted molar refractivity (Wildman–Crippen MR) is 80.4 cm³/mol. The second kappa shape index (κ2) is 7.26. The van der Waals surface area contributed by atoms with Gasteiger partial charge in [0.1, 0.15) is 17.5 Å². The summed E-state index contributed by atoms with van der Waals surface area (Å²) in [6.07, 6.45) is -1.55. The van der Waals surface area contributed by atoms with E-state index in [1.54, 1.807) is 39.0 Å². The average Bonchev–Trinajstić information content (AvgIpc) is 2.36. The maximum Gasteiger partial charge on any atom is 0.412 e. The zero-order valence-corrected chi connectivity index (χ0v) is 12.9. The summed E-state index contributed by atoms with van der Waals surface area (Å²) in [6, 6.07) is 4.74. The Balaban J connectivity index is 2.85. The highest BCUT2D eigenvalue weighted by Gasteiger charge is 2.18. The molecular weight excluding hydrogens is 275 g/mol. The minimum Gasteiger partial charge on any atom is -0.496 e. The highest BCUT2D eigenvalue weighted by atomic mass is 19.1. The van der Waals surface area contributed by atoms with E-state index < -0.39 is 17.9 Å². The number of amides is 1. The standard InChI is InChI=1S/C15H23FN2O3/c1-15(2,3)21-14(19)18-10-5-6-11(12(16)7-8-17)13(9-10)20-4/h5-6,9,12H,7-8,17H2,1-4H3,(H,18,19). The summed E-state index contributed by atoms with van der Waals surface area (Å²) < 4.78 is 24.2. The maximum absolute atomic E-state index is 13.9. The van der Waals surface area contributed by atoms with E-state index in [9.17, 15) is 9.18 Å². The molecule has 0 aliphatic carbocycles. The molecule has 1 atom stereocenters. The molecule has 1 aromatic carbocycles. The number of benzene rings is 1. The third-order valence-corrected chi connectivity index (χ3v) is 2.64. The molecule has 0 saturated heterocycles. The Kier molecular flexibility index (Phi) is 5.96. The van der Waals surface area contributed by atoms with E-state index in [0.717, 1.165) is 0 Å². The van der Waals surface area contributed by atoms with Crippen molar-refractivity contribution in [2.45, 2.75) is 39.0 Å². The lowest BCUT2D eigenvalue weighted by atomic mass is 10.1. The molecule has 1 rings (SSSR count). The average molecular weight is 298 g/mol. The third kappa shape index (κ3) is 5.59. The summed E-state index contributed by atoms with van der Waals surface area (Å²) in [7, 11) is 1.45. The molecule has 5 nitrogen and oxygen atoms in total. The summed E-state index contributed by atoms with van der Waals surface area (Å²) in [5, 5.41) is 2.58. The first-order chi connectivity index (χ1) is 9.76. The first kappa shape index (κ1) is 17.2. The van der Waals surface area contributed by atoms with Crippen molar-refractivity contribution in [1.29, 1.82) is 0 Å². The molecule has 0 fully saturated rings. The van der Waals surface area contributed by atoms with Crippen molar-refractivity contribution in [3.05, 3.63) is 23.8 Å². The number of carbonyl (C=O) groups is 1. The normalized spacial score (nSPS) is 12.7. The minimum absolute atomic E-state index is 0.217. The Labute approximate surface area is 124 Å². The van der Waals surface area contributed by atoms with Crippen molar-refractivity contribution in [3.8, 4) is 5.75 Å². The first-order valence-corrected chi connectivity index (χ1v) is 6.79. The molecule has 0 heterocycles. The van der Waals surface area contributed by atoms with Crippen LogP contribution in [-0.4, -0.2) is 25.3 Å². The first-order valence-electron chi connectivity index (χ1n) is 6.79. The molecule has 1 amide bonds. The van der Waals surface area contributed by atoms with Crippen LogP contribution in [0.25, 0.3) is 0 Å². The maximum atomic E-state index is 13.9. The van der Waals surface area contributed by atoms with Crippen LogP contribution in [0.15, 0.2) is 18.2 Å². The fourth-order valence-corrected chi connectivity index (χ4v) is 1.77. The predicted octanol–water partition coefficient (Wildman–Crippen LogP) is 3.40. The number of anilines is 1. The van der Waals surface area contributed by atoms with Gasteiger partial charge in [0.25, 0.3) is 0 Å².